The lowest BCUT2D eigenvalue weighted by atomic mass is 10.3. The Bertz CT molecular complexity index is 109. The fraction of sp³-hybridized carbons (Fsp3) is 0.714. The van der Waals surface area contributed by atoms with Crippen LogP contribution in [-0.4, -0.2) is 24.5 Å². The zero-order valence-electron chi connectivity index (χ0n) is 5.77. The Kier molecular flexibility index (Phi) is 2.11. The van der Waals surface area contributed by atoms with Gasteiger partial charge in [-0.15, -0.1) is 0 Å². The molecule has 0 saturated carbocycles. The highest BCUT2D eigenvalue weighted by Crippen LogP contribution is 2.17. The Balaban J connectivity index is 2.31. The Morgan fingerprint density at radius 2 is 2.44 bits per heavy atom. The summed E-state index contributed by atoms with van der Waals surface area (Å²) in [5.41, 5.74) is 6.65. The fourth-order valence-electron chi connectivity index (χ4n) is 1.22. The van der Waals surface area contributed by atoms with Gasteiger partial charge in [0.05, 0.1) is 0 Å². The molecule has 0 amide bonds. The third-order valence-electron chi connectivity index (χ3n) is 1.74. The van der Waals surface area contributed by atoms with Crippen molar-refractivity contribution in [3.05, 3.63) is 12.3 Å². The molecule has 1 aliphatic heterocycles. The van der Waals surface area contributed by atoms with E-state index in [1.165, 1.54) is 18.5 Å². The molecule has 52 valence electrons. The van der Waals surface area contributed by atoms with Crippen LogP contribution in [0.1, 0.15) is 12.8 Å². The quantitative estimate of drug-likeness (QED) is 0.585. The number of rotatable bonds is 2. The molecule has 1 aliphatic rings. The third kappa shape index (κ3) is 1.45. The molecule has 0 aromatic heterocycles. The molecule has 2 nitrogen and oxygen atoms in total. The Hall–Kier alpha value is -0.500. The largest absolute Gasteiger partial charge is 0.374 e. The van der Waals surface area contributed by atoms with Crippen molar-refractivity contribution in [3.8, 4) is 0 Å². The maximum absolute atomic E-state index is 5.39. The normalized spacial score (nSPS) is 19.2. The molecular formula is C7H14N2. The summed E-state index contributed by atoms with van der Waals surface area (Å²) in [7, 11) is 0. The predicted molar refractivity (Wildman–Crippen MR) is 39.0 cm³/mol. The lowest BCUT2D eigenvalue weighted by Gasteiger charge is -2.16. The van der Waals surface area contributed by atoms with Crippen LogP contribution >= 0.6 is 0 Å². The first-order valence-electron chi connectivity index (χ1n) is 3.47. The second-order valence-electron chi connectivity index (χ2n) is 2.45. The van der Waals surface area contributed by atoms with Gasteiger partial charge in [-0.2, -0.15) is 0 Å². The minimum atomic E-state index is 0.749. The van der Waals surface area contributed by atoms with Crippen molar-refractivity contribution in [2.75, 3.05) is 19.6 Å². The number of nitrogens with two attached hydrogens (primary N) is 1. The molecule has 1 fully saturated rings. The number of nitrogens with zero attached hydrogens (tertiary/aromatic N) is 1. The average molecular weight is 126 g/mol. The van der Waals surface area contributed by atoms with Crippen molar-refractivity contribution < 1.29 is 0 Å². The second kappa shape index (κ2) is 2.87. The zero-order valence-corrected chi connectivity index (χ0v) is 5.77. The summed E-state index contributed by atoms with van der Waals surface area (Å²) in [5, 5.41) is 0. The van der Waals surface area contributed by atoms with Crippen molar-refractivity contribution in [2.24, 2.45) is 5.73 Å². The van der Waals surface area contributed by atoms with E-state index in [4.69, 9.17) is 5.73 Å². The first-order chi connectivity index (χ1) is 4.34. The highest BCUT2D eigenvalue weighted by molar-refractivity contribution is 4.99. The molecule has 0 aromatic carbocycles. The van der Waals surface area contributed by atoms with E-state index < -0.39 is 0 Å². The van der Waals surface area contributed by atoms with Crippen LogP contribution in [0.15, 0.2) is 12.3 Å². The van der Waals surface area contributed by atoms with Crippen molar-refractivity contribution >= 4 is 0 Å². The van der Waals surface area contributed by atoms with Gasteiger partial charge in [-0.25, -0.2) is 0 Å². The summed E-state index contributed by atoms with van der Waals surface area (Å²) in [6.07, 6.45) is 2.43. The molecule has 9 heavy (non-hydrogen) atoms. The zero-order chi connectivity index (χ0) is 6.69. The van der Waals surface area contributed by atoms with E-state index in [2.05, 4.69) is 11.5 Å². The minimum Gasteiger partial charge on any atom is -0.374 e. The number of hydrogen-bond donors (Lipinski definition) is 1. The molecule has 0 atom stereocenters. The first kappa shape index (κ1) is 6.62. The number of hydrogen-bond acceptors (Lipinski definition) is 2. The smallest absolute Gasteiger partial charge is 0.0297 e. The summed E-state index contributed by atoms with van der Waals surface area (Å²) in [6, 6.07) is 0. The van der Waals surface area contributed by atoms with E-state index >= 15 is 0 Å². The maximum Gasteiger partial charge on any atom is 0.0297 e. The summed E-state index contributed by atoms with van der Waals surface area (Å²) < 4.78 is 0. The lowest BCUT2D eigenvalue weighted by molar-refractivity contribution is 0.404. The van der Waals surface area contributed by atoms with Gasteiger partial charge < -0.3 is 10.6 Å². The van der Waals surface area contributed by atoms with Crippen LogP contribution in [0.3, 0.4) is 0 Å². The van der Waals surface area contributed by atoms with E-state index in [9.17, 15) is 0 Å². The van der Waals surface area contributed by atoms with E-state index in [0.717, 1.165) is 19.6 Å². The highest BCUT2D eigenvalue weighted by atomic mass is 15.2. The van der Waals surface area contributed by atoms with E-state index in [-0.39, 0.29) is 0 Å². The van der Waals surface area contributed by atoms with Crippen molar-refractivity contribution in [1.29, 1.82) is 0 Å². The predicted octanol–water partition coefficient (Wildman–Crippen LogP) is 0.555. The molecule has 1 saturated heterocycles. The lowest BCUT2D eigenvalue weighted by Crippen LogP contribution is -2.24. The Morgan fingerprint density at radius 3 is 2.89 bits per heavy atom. The van der Waals surface area contributed by atoms with Gasteiger partial charge >= 0.3 is 0 Å². The van der Waals surface area contributed by atoms with Gasteiger partial charge in [0.25, 0.3) is 0 Å². The van der Waals surface area contributed by atoms with Gasteiger partial charge in [0, 0.05) is 25.3 Å². The summed E-state index contributed by atoms with van der Waals surface area (Å²) >= 11 is 0. The summed E-state index contributed by atoms with van der Waals surface area (Å²) in [4.78, 5) is 2.26. The van der Waals surface area contributed by atoms with Gasteiger partial charge in [0.2, 0.25) is 0 Å². The van der Waals surface area contributed by atoms with Crippen LogP contribution < -0.4 is 5.73 Å². The van der Waals surface area contributed by atoms with Crippen LogP contribution in [0.2, 0.25) is 0 Å². The molecule has 0 radical (unpaired) electrons. The van der Waals surface area contributed by atoms with Crippen LogP contribution in [0, 0.1) is 0 Å². The molecular weight excluding hydrogens is 112 g/mol. The molecule has 1 rings (SSSR count). The van der Waals surface area contributed by atoms with Crippen LogP contribution in [0.5, 0.6) is 0 Å². The van der Waals surface area contributed by atoms with E-state index in [1.807, 2.05) is 0 Å². The molecule has 0 aromatic rings. The minimum absolute atomic E-state index is 0.749. The van der Waals surface area contributed by atoms with Crippen LogP contribution in [0.4, 0.5) is 0 Å². The van der Waals surface area contributed by atoms with E-state index in [1.54, 1.807) is 0 Å². The van der Waals surface area contributed by atoms with Gasteiger partial charge in [0.1, 0.15) is 0 Å². The van der Waals surface area contributed by atoms with Crippen molar-refractivity contribution in [2.45, 2.75) is 12.8 Å². The monoisotopic (exact) mass is 126 g/mol. The standard InChI is InChI=1S/C7H14N2/c1-7-3-2-5-9(7)6-4-8/h1-6,8H2. The molecule has 2 heteroatoms. The third-order valence-corrected chi connectivity index (χ3v) is 1.74. The van der Waals surface area contributed by atoms with Gasteiger partial charge in [-0.05, 0) is 12.8 Å². The van der Waals surface area contributed by atoms with E-state index in [0.29, 0.717) is 0 Å². The first-order valence-corrected chi connectivity index (χ1v) is 3.47. The maximum atomic E-state index is 5.39. The second-order valence-corrected chi connectivity index (χ2v) is 2.45. The fourth-order valence-corrected chi connectivity index (χ4v) is 1.22. The van der Waals surface area contributed by atoms with Gasteiger partial charge in [0.15, 0.2) is 0 Å². The topological polar surface area (TPSA) is 29.3 Å². The van der Waals surface area contributed by atoms with Gasteiger partial charge in [-0.3, -0.25) is 0 Å². The van der Waals surface area contributed by atoms with Crippen LogP contribution in [-0.2, 0) is 0 Å². The molecule has 0 unspecified atom stereocenters. The van der Waals surface area contributed by atoms with Gasteiger partial charge in [-0.1, -0.05) is 6.58 Å². The highest BCUT2D eigenvalue weighted by Gasteiger charge is 2.12. The van der Waals surface area contributed by atoms with Crippen molar-refractivity contribution in [3.63, 3.8) is 0 Å². The summed E-state index contributed by atoms with van der Waals surface area (Å²) in [5.74, 6) is 0. The molecule has 0 bridgehead atoms. The molecule has 1 heterocycles. The molecule has 0 spiro atoms. The number of allylic oxidation sites excluding steroid dienone is 1. The Labute approximate surface area is 56.3 Å². The SMILES string of the molecule is C=C1CCCN1CCN. The van der Waals surface area contributed by atoms with Crippen LogP contribution in [0.25, 0.3) is 0 Å². The molecule has 2 N–H and O–H groups in total. The summed E-state index contributed by atoms with van der Waals surface area (Å²) in [6.45, 7) is 6.82. The number of likely N-dealkylation sites (tertiary alicyclic amines) is 1. The van der Waals surface area contributed by atoms with Crippen molar-refractivity contribution in [1.82, 2.24) is 4.90 Å². The average Bonchev–Trinajstić information content (AvgIpc) is 2.18. The Morgan fingerprint density at radius 1 is 1.67 bits per heavy atom. The molecule has 0 aliphatic carbocycles.